The van der Waals surface area contributed by atoms with Crippen LogP contribution in [0.4, 0.5) is 11.5 Å². The van der Waals surface area contributed by atoms with Gasteiger partial charge in [0.15, 0.2) is 5.65 Å². The lowest BCUT2D eigenvalue weighted by Crippen LogP contribution is -2.30. The molecule has 1 N–H and O–H groups in total. The summed E-state index contributed by atoms with van der Waals surface area (Å²) in [6, 6.07) is 16.1. The molecule has 1 aliphatic rings. The van der Waals surface area contributed by atoms with Crippen LogP contribution in [-0.4, -0.2) is 45.0 Å². The molecule has 0 bridgehead atoms. The summed E-state index contributed by atoms with van der Waals surface area (Å²) in [7, 11) is 2.16. The fourth-order valence-corrected chi connectivity index (χ4v) is 4.58. The van der Waals surface area contributed by atoms with Crippen molar-refractivity contribution in [2.75, 3.05) is 25.5 Å². The SMILES string of the molecule is CC(C)c1ccc(Nc2nc(C3CCN(C)CC3)nc3nc(-c4ncccc4Cl)ccc23)cc1. The summed E-state index contributed by atoms with van der Waals surface area (Å²) in [5.74, 6) is 2.43. The van der Waals surface area contributed by atoms with Gasteiger partial charge in [-0.1, -0.05) is 37.6 Å². The third-order valence-corrected chi connectivity index (χ3v) is 6.81. The molecule has 6 nitrogen and oxygen atoms in total. The molecule has 0 unspecified atom stereocenters. The molecule has 0 atom stereocenters. The van der Waals surface area contributed by atoms with Gasteiger partial charge >= 0.3 is 0 Å². The van der Waals surface area contributed by atoms with Crippen LogP contribution in [0.3, 0.4) is 0 Å². The summed E-state index contributed by atoms with van der Waals surface area (Å²) >= 11 is 6.40. The normalized spacial score (nSPS) is 15.2. The minimum atomic E-state index is 0.313. The van der Waals surface area contributed by atoms with Gasteiger partial charge < -0.3 is 10.2 Å². The van der Waals surface area contributed by atoms with Crippen LogP contribution in [0.25, 0.3) is 22.4 Å². The molecule has 7 heteroatoms. The molecule has 0 aliphatic carbocycles. The summed E-state index contributed by atoms with van der Waals surface area (Å²) in [4.78, 5) is 21.6. The van der Waals surface area contributed by atoms with Gasteiger partial charge in [0, 0.05) is 17.8 Å². The van der Waals surface area contributed by atoms with E-state index in [0.29, 0.717) is 33.9 Å². The molecule has 1 aromatic carbocycles. The smallest absolute Gasteiger partial charge is 0.165 e. The van der Waals surface area contributed by atoms with Crippen molar-refractivity contribution in [2.24, 2.45) is 0 Å². The Hall–Kier alpha value is -3.09. The first-order chi connectivity index (χ1) is 16.5. The first-order valence-corrected chi connectivity index (χ1v) is 12.2. The van der Waals surface area contributed by atoms with Crippen LogP contribution in [0.2, 0.25) is 5.02 Å². The Labute approximate surface area is 205 Å². The molecule has 4 heterocycles. The number of rotatable bonds is 5. The van der Waals surface area contributed by atoms with Crippen LogP contribution in [0.5, 0.6) is 0 Å². The van der Waals surface area contributed by atoms with Crippen molar-refractivity contribution in [3.05, 3.63) is 71.1 Å². The Morgan fingerprint density at radius 3 is 2.44 bits per heavy atom. The predicted octanol–water partition coefficient (Wildman–Crippen LogP) is 6.42. The van der Waals surface area contributed by atoms with E-state index in [1.807, 2.05) is 24.3 Å². The fourth-order valence-electron chi connectivity index (χ4n) is 4.37. The standard InChI is InChI=1S/C27H29ClN6/c1-17(2)18-6-8-20(9-7-18)30-26-21-10-11-23(24-22(28)5-4-14-29-24)31-27(21)33-25(32-26)19-12-15-34(3)16-13-19/h4-11,14,17,19H,12-13,15-16H2,1-3H3,(H,30,31,32,33). The molecule has 0 spiro atoms. The van der Waals surface area contributed by atoms with Crippen molar-refractivity contribution in [2.45, 2.75) is 38.5 Å². The van der Waals surface area contributed by atoms with Gasteiger partial charge in [-0.25, -0.2) is 15.0 Å². The third kappa shape index (κ3) is 4.74. The highest BCUT2D eigenvalue weighted by atomic mass is 35.5. The van der Waals surface area contributed by atoms with Crippen LogP contribution >= 0.6 is 11.6 Å². The number of aromatic nitrogens is 4. The van der Waals surface area contributed by atoms with Crippen molar-refractivity contribution >= 4 is 34.1 Å². The maximum Gasteiger partial charge on any atom is 0.165 e. The second-order valence-corrected chi connectivity index (χ2v) is 9.72. The molecular formula is C27H29ClN6. The first-order valence-electron chi connectivity index (χ1n) is 11.8. The van der Waals surface area contributed by atoms with E-state index in [2.05, 4.69) is 60.4 Å². The van der Waals surface area contributed by atoms with Gasteiger partial charge in [0.25, 0.3) is 0 Å². The van der Waals surface area contributed by atoms with E-state index < -0.39 is 0 Å². The Morgan fingerprint density at radius 2 is 1.74 bits per heavy atom. The van der Waals surface area contributed by atoms with Crippen LogP contribution in [0, 0.1) is 0 Å². The molecule has 1 saturated heterocycles. The highest BCUT2D eigenvalue weighted by molar-refractivity contribution is 6.32. The van der Waals surface area contributed by atoms with Crippen LogP contribution in [0.15, 0.2) is 54.7 Å². The lowest BCUT2D eigenvalue weighted by atomic mass is 9.96. The molecule has 0 radical (unpaired) electrons. The number of hydrogen-bond donors (Lipinski definition) is 1. The molecule has 34 heavy (non-hydrogen) atoms. The summed E-state index contributed by atoms with van der Waals surface area (Å²) in [6.07, 6.45) is 3.80. The summed E-state index contributed by atoms with van der Waals surface area (Å²) in [6.45, 7) is 6.49. The number of nitrogens with zero attached hydrogens (tertiary/aromatic N) is 5. The number of pyridine rings is 2. The maximum atomic E-state index is 6.40. The van der Waals surface area contributed by atoms with E-state index in [1.54, 1.807) is 6.20 Å². The minimum absolute atomic E-state index is 0.313. The van der Waals surface area contributed by atoms with Crippen molar-refractivity contribution in [1.82, 2.24) is 24.8 Å². The third-order valence-electron chi connectivity index (χ3n) is 6.50. The molecule has 1 aliphatic heterocycles. The lowest BCUT2D eigenvalue weighted by Gasteiger charge is -2.28. The maximum absolute atomic E-state index is 6.40. The molecule has 4 aromatic rings. The number of anilines is 2. The summed E-state index contributed by atoms with van der Waals surface area (Å²) < 4.78 is 0. The Morgan fingerprint density at radius 1 is 0.971 bits per heavy atom. The Balaban J connectivity index is 1.58. The van der Waals surface area contributed by atoms with Gasteiger partial charge in [0.1, 0.15) is 17.3 Å². The number of benzene rings is 1. The molecular weight excluding hydrogens is 444 g/mol. The number of nitrogens with one attached hydrogen (secondary N) is 1. The minimum Gasteiger partial charge on any atom is -0.340 e. The average molecular weight is 473 g/mol. The van der Waals surface area contributed by atoms with Crippen molar-refractivity contribution in [3.8, 4) is 11.4 Å². The Kier molecular flexibility index (Phi) is 6.44. The zero-order valence-corrected chi connectivity index (χ0v) is 20.5. The fraction of sp³-hybridized carbons (Fsp3) is 0.333. The van der Waals surface area contributed by atoms with Gasteiger partial charge in [-0.15, -0.1) is 0 Å². The summed E-state index contributed by atoms with van der Waals surface area (Å²) in [5, 5.41) is 4.98. The number of piperidine rings is 1. The van der Waals surface area contributed by atoms with Crippen LogP contribution in [0.1, 0.15) is 49.9 Å². The average Bonchev–Trinajstić information content (AvgIpc) is 2.84. The van der Waals surface area contributed by atoms with Crippen LogP contribution < -0.4 is 5.32 Å². The van der Waals surface area contributed by atoms with Crippen LogP contribution in [-0.2, 0) is 0 Å². The van der Waals surface area contributed by atoms with E-state index in [-0.39, 0.29) is 0 Å². The molecule has 0 amide bonds. The number of halogens is 1. The highest BCUT2D eigenvalue weighted by Crippen LogP contribution is 2.32. The first kappa shape index (κ1) is 22.7. The number of hydrogen-bond acceptors (Lipinski definition) is 6. The molecule has 5 rings (SSSR count). The predicted molar refractivity (Wildman–Crippen MR) is 139 cm³/mol. The van der Waals surface area contributed by atoms with Gasteiger partial charge in [-0.3, -0.25) is 4.98 Å². The van der Waals surface area contributed by atoms with Crippen molar-refractivity contribution < 1.29 is 0 Å². The van der Waals surface area contributed by atoms with E-state index in [4.69, 9.17) is 26.6 Å². The topological polar surface area (TPSA) is 66.8 Å². The zero-order chi connectivity index (χ0) is 23.7. The van der Waals surface area contributed by atoms with Gasteiger partial charge in [0.05, 0.1) is 16.1 Å². The summed E-state index contributed by atoms with van der Waals surface area (Å²) in [5.41, 5.74) is 4.33. The zero-order valence-electron chi connectivity index (χ0n) is 19.8. The molecule has 174 valence electrons. The largest absolute Gasteiger partial charge is 0.340 e. The van der Waals surface area contributed by atoms with Crippen molar-refractivity contribution in [1.29, 1.82) is 0 Å². The molecule has 1 fully saturated rings. The second kappa shape index (κ2) is 9.65. The number of fused-ring (bicyclic) bond motifs is 1. The van der Waals surface area contributed by atoms with Crippen molar-refractivity contribution in [3.63, 3.8) is 0 Å². The van der Waals surface area contributed by atoms with E-state index in [1.165, 1.54) is 5.56 Å². The molecule has 0 saturated carbocycles. The monoisotopic (exact) mass is 472 g/mol. The quantitative estimate of drug-likeness (QED) is 0.361. The van der Waals surface area contributed by atoms with E-state index >= 15 is 0 Å². The van der Waals surface area contributed by atoms with Gasteiger partial charge in [-0.2, -0.15) is 0 Å². The lowest BCUT2D eigenvalue weighted by molar-refractivity contribution is 0.251. The van der Waals surface area contributed by atoms with Gasteiger partial charge in [0.2, 0.25) is 0 Å². The highest BCUT2D eigenvalue weighted by Gasteiger charge is 2.23. The number of likely N-dealkylation sites (tertiary alicyclic amines) is 1. The van der Waals surface area contributed by atoms with E-state index in [0.717, 1.165) is 48.6 Å². The Bertz CT molecular complexity index is 1300. The van der Waals surface area contributed by atoms with E-state index in [9.17, 15) is 0 Å². The second-order valence-electron chi connectivity index (χ2n) is 9.31. The molecule has 3 aromatic heterocycles. The van der Waals surface area contributed by atoms with Gasteiger partial charge in [-0.05, 0) is 80.9 Å².